The van der Waals surface area contributed by atoms with Gasteiger partial charge in [-0.3, -0.25) is 0 Å². The highest BCUT2D eigenvalue weighted by Crippen LogP contribution is 2.22. The zero-order valence-corrected chi connectivity index (χ0v) is 10.8. The quantitative estimate of drug-likeness (QED) is 0.833. The van der Waals surface area contributed by atoms with Gasteiger partial charge in [0, 0.05) is 0 Å². The van der Waals surface area contributed by atoms with Crippen molar-refractivity contribution in [2.75, 3.05) is 0 Å². The number of aryl methyl sites for hydroxylation is 1. The maximum Gasteiger partial charge on any atom is 0.104 e. The average Bonchev–Trinajstić information content (AvgIpc) is 2.46. The summed E-state index contributed by atoms with van der Waals surface area (Å²) in [7, 11) is 0. The van der Waals surface area contributed by atoms with Crippen LogP contribution < -0.4 is 0 Å². The molecule has 0 bridgehead atoms. The molecule has 0 unspecified atom stereocenters. The molecule has 2 aromatic rings. The van der Waals surface area contributed by atoms with E-state index in [1.807, 2.05) is 42.5 Å². The molecule has 1 N–H and O–H groups in total. The molecule has 0 heterocycles. The van der Waals surface area contributed by atoms with E-state index in [-0.39, 0.29) is 0 Å². The fourth-order valence-electron chi connectivity index (χ4n) is 2.08. The number of unbranched alkanes of at least 4 members (excludes halogenated alkanes) is 1. The summed E-state index contributed by atoms with van der Waals surface area (Å²) in [6, 6.07) is 18.1. The minimum Gasteiger partial charge on any atom is -0.384 e. The highest BCUT2D eigenvalue weighted by molar-refractivity contribution is 5.31. The summed E-state index contributed by atoms with van der Waals surface area (Å²) in [5, 5.41) is 10.3. The molecule has 1 heteroatoms. The Morgan fingerprint density at radius 2 is 1.50 bits per heavy atom. The SMILES string of the molecule is CCCCc1ccc([C@@H](O)c2ccccc2)cc1. The first kappa shape index (κ1) is 12.8. The van der Waals surface area contributed by atoms with E-state index in [9.17, 15) is 5.11 Å². The van der Waals surface area contributed by atoms with E-state index in [2.05, 4.69) is 19.1 Å². The lowest BCUT2D eigenvalue weighted by atomic mass is 9.99. The van der Waals surface area contributed by atoms with Crippen LogP contribution in [0.15, 0.2) is 54.6 Å². The summed E-state index contributed by atoms with van der Waals surface area (Å²) in [4.78, 5) is 0. The topological polar surface area (TPSA) is 20.2 Å². The van der Waals surface area contributed by atoms with E-state index < -0.39 is 6.10 Å². The van der Waals surface area contributed by atoms with E-state index in [0.717, 1.165) is 17.5 Å². The first-order chi connectivity index (χ1) is 8.81. The molecule has 0 aliphatic heterocycles. The molecule has 0 amide bonds. The third-order valence-electron chi connectivity index (χ3n) is 3.23. The van der Waals surface area contributed by atoms with Gasteiger partial charge in [-0.2, -0.15) is 0 Å². The van der Waals surface area contributed by atoms with E-state index in [1.54, 1.807) is 0 Å². The number of rotatable bonds is 5. The monoisotopic (exact) mass is 240 g/mol. The van der Waals surface area contributed by atoms with Gasteiger partial charge in [-0.05, 0) is 29.5 Å². The Hall–Kier alpha value is -1.60. The van der Waals surface area contributed by atoms with Crippen LogP contribution in [0.1, 0.15) is 42.6 Å². The van der Waals surface area contributed by atoms with Crippen molar-refractivity contribution in [3.8, 4) is 0 Å². The molecule has 0 radical (unpaired) electrons. The zero-order chi connectivity index (χ0) is 12.8. The second kappa shape index (κ2) is 6.36. The summed E-state index contributed by atoms with van der Waals surface area (Å²) in [6.45, 7) is 2.20. The first-order valence-corrected chi connectivity index (χ1v) is 6.63. The molecule has 1 nitrogen and oxygen atoms in total. The van der Waals surface area contributed by atoms with Gasteiger partial charge >= 0.3 is 0 Å². The number of aliphatic hydroxyl groups excluding tert-OH is 1. The van der Waals surface area contributed by atoms with Crippen molar-refractivity contribution in [2.24, 2.45) is 0 Å². The van der Waals surface area contributed by atoms with Crippen LogP contribution in [0, 0.1) is 0 Å². The van der Waals surface area contributed by atoms with Crippen molar-refractivity contribution in [3.63, 3.8) is 0 Å². The van der Waals surface area contributed by atoms with Crippen molar-refractivity contribution < 1.29 is 5.11 Å². The third-order valence-corrected chi connectivity index (χ3v) is 3.23. The Balaban J connectivity index is 2.09. The van der Waals surface area contributed by atoms with Gasteiger partial charge in [0.2, 0.25) is 0 Å². The summed E-state index contributed by atoms with van der Waals surface area (Å²) < 4.78 is 0. The van der Waals surface area contributed by atoms with Crippen molar-refractivity contribution >= 4 is 0 Å². The van der Waals surface area contributed by atoms with Crippen molar-refractivity contribution in [3.05, 3.63) is 71.3 Å². The van der Waals surface area contributed by atoms with Gasteiger partial charge in [0.05, 0.1) is 0 Å². The van der Waals surface area contributed by atoms with Crippen LogP contribution in [0.4, 0.5) is 0 Å². The first-order valence-electron chi connectivity index (χ1n) is 6.63. The van der Waals surface area contributed by atoms with Crippen LogP contribution in [-0.2, 0) is 6.42 Å². The van der Waals surface area contributed by atoms with Crippen molar-refractivity contribution in [1.82, 2.24) is 0 Å². The number of hydrogen-bond acceptors (Lipinski definition) is 1. The Morgan fingerprint density at radius 3 is 2.11 bits per heavy atom. The van der Waals surface area contributed by atoms with Crippen molar-refractivity contribution in [1.29, 1.82) is 0 Å². The minimum absolute atomic E-state index is 0.522. The Labute approximate surface area is 109 Å². The van der Waals surface area contributed by atoms with Gasteiger partial charge < -0.3 is 5.11 Å². The van der Waals surface area contributed by atoms with Gasteiger partial charge in [0.25, 0.3) is 0 Å². The standard InChI is InChI=1S/C17H20O/c1-2-3-7-14-10-12-16(13-11-14)17(18)15-8-5-4-6-9-15/h4-6,8-13,17-18H,2-3,7H2,1H3/t17-/m0/s1. The average molecular weight is 240 g/mol. The summed E-state index contributed by atoms with van der Waals surface area (Å²) in [6.07, 6.45) is 3.04. The molecule has 1 atom stereocenters. The van der Waals surface area contributed by atoms with Gasteiger partial charge in [0.1, 0.15) is 6.10 Å². The van der Waals surface area contributed by atoms with E-state index in [0.29, 0.717) is 0 Å². The third kappa shape index (κ3) is 3.21. The molecular weight excluding hydrogens is 220 g/mol. The fourth-order valence-corrected chi connectivity index (χ4v) is 2.08. The molecule has 2 aromatic carbocycles. The molecule has 94 valence electrons. The maximum absolute atomic E-state index is 10.3. The van der Waals surface area contributed by atoms with Crippen molar-refractivity contribution in [2.45, 2.75) is 32.3 Å². The normalized spacial score (nSPS) is 12.3. The summed E-state index contributed by atoms with van der Waals surface area (Å²) in [5.74, 6) is 0. The second-order valence-corrected chi connectivity index (χ2v) is 4.66. The molecular formula is C17H20O. The van der Waals surface area contributed by atoms with E-state index in [1.165, 1.54) is 18.4 Å². The van der Waals surface area contributed by atoms with E-state index in [4.69, 9.17) is 0 Å². The maximum atomic E-state index is 10.3. The van der Waals surface area contributed by atoms with Crippen LogP contribution in [-0.4, -0.2) is 5.11 Å². The molecule has 2 rings (SSSR count). The fraction of sp³-hybridized carbons (Fsp3) is 0.294. The van der Waals surface area contributed by atoms with Gasteiger partial charge in [-0.25, -0.2) is 0 Å². The molecule has 0 aliphatic rings. The predicted octanol–water partition coefficient (Wildman–Crippen LogP) is 4.11. The van der Waals surface area contributed by atoms with Crippen LogP contribution >= 0.6 is 0 Å². The Kier molecular flexibility index (Phi) is 4.54. The Bertz CT molecular complexity index is 459. The lowest BCUT2D eigenvalue weighted by Gasteiger charge is -2.12. The van der Waals surface area contributed by atoms with Crippen LogP contribution in [0.5, 0.6) is 0 Å². The largest absolute Gasteiger partial charge is 0.384 e. The molecule has 0 aliphatic carbocycles. The Morgan fingerprint density at radius 1 is 0.889 bits per heavy atom. The van der Waals surface area contributed by atoms with Crippen LogP contribution in [0.25, 0.3) is 0 Å². The minimum atomic E-state index is -0.522. The molecule has 0 saturated carbocycles. The molecule has 18 heavy (non-hydrogen) atoms. The number of aliphatic hydroxyl groups is 1. The van der Waals surface area contributed by atoms with Gasteiger partial charge in [-0.15, -0.1) is 0 Å². The summed E-state index contributed by atoms with van der Waals surface area (Å²) in [5.41, 5.74) is 3.25. The lowest BCUT2D eigenvalue weighted by Crippen LogP contribution is -1.99. The highest BCUT2D eigenvalue weighted by atomic mass is 16.3. The molecule has 0 aromatic heterocycles. The molecule has 0 fully saturated rings. The van der Waals surface area contributed by atoms with Gasteiger partial charge in [0.15, 0.2) is 0 Å². The van der Waals surface area contributed by atoms with E-state index >= 15 is 0 Å². The second-order valence-electron chi connectivity index (χ2n) is 4.66. The number of hydrogen-bond donors (Lipinski definition) is 1. The molecule has 0 spiro atoms. The lowest BCUT2D eigenvalue weighted by molar-refractivity contribution is 0.220. The smallest absolute Gasteiger partial charge is 0.104 e. The van der Waals surface area contributed by atoms with Gasteiger partial charge in [-0.1, -0.05) is 67.9 Å². The van der Waals surface area contributed by atoms with Crippen LogP contribution in [0.3, 0.4) is 0 Å². The predicted molar refractivity (Wildman–Crippen MR) is 75.6 cm³/mol. The summed E-state index contributed by atoms with van der Waals surface area (Å²) >= 11 is 0. The zero-order valence-electron chi connectivity index (χ0n) is 10.8. The number of benzene rings is 2. The highest BCUT2D eigenvalue weighted by Gasteiger charge is 2.09. The van der Waals surface area contributed by atoms with Crippen LogP contribution in [0.2, 0.25) is 0 Å². The molecule has 0 saturated heterocycles.